The molecule has 0 saturated heterocycles. The summed E-state index contributed by atoms with van der Waals surface area (Å²) in [6.45, 7) is 6.22. The molecule has 0 unspecified atom stereocenters. The molecule has 0 aliphatic carbocycles. The van der Waals surface area contributed by atoms with Gasteiger partial charge in [-0.2, -0.15) is 0 Å². The molecule has 0 N–H and O–H groups in total. The number of hydrogen-bond acceptors (Lipinski definition) is 1. The molecule has 1 aromatic rings. The summed E-state index contributed by atoms with van der Waals surface area (Å²) in [6.07, 6.45) is 5.53. The van der Waals surface area contributed by atoms with Crippen LogP contribution in [0.5, 0.6) is 5.75 Å². The van der Waals surface area contributed by atoms with E-state index in [1.807, 2.05) is 43.3 Å². The molecule has 0 spiro atoms. The highest BCUT2D eigenvalue weighted by molar-refractivity contribution is 5.27. The third-order valence-corrected chi connectivity index (χ3v) is 1.61. The molecular formula is C12H14O. The number of aryl methyl sites for hydroxylation is 1. The van der Waals surface area contributed by atoms with Crippen molar-refractivity contribution in [3.05, 3.63) is 54.6 Å². The van der Waals surface area contributed by atoms with Gasteiger partial charge in [-0.05, 0) is 30.7 Å². The van der Waals surface area contributed by atoms with E-state index in [1.165, 1.54) is 5.56 Å². The topological polar surface area (TPSA) is 9.23 Å². The van der Waals surface area contributed by atoms with E-state index in [-0.39, 0.29) is 0 Å². The summed E-state index contributed by atoms with van der Waals surface area (Å²) in [5.41, 5.74) is 1.21. The molecule has 1 rings (SSSR count). The van der Waals surface area contributed by atoms with Crippen molar-refractivity contribution in [1.82, 2.24) is 0 Å². The predicted molar refractivity (Wildman–Crippen MR) is 56.0 cm³/mol. The van der Waals surface area contributed by atoms with E-state index in [4.69, 9.17) is 4.74 Å². The fraction of sp³-hybridized carbons (Fsp3) is 0.167. The van der Waals surface area contributed by atoms with Crippen LogP contribution >= 0.6 is 0 Å². The molecular weight excluding hydrogens is 160 g/mol. The van der Waals surface area contributed by atoms with E-state index in [1.54, 1.807) is 6.08 Å². The molecule has 0 saturated carbocycles. The number of hydrogen-bond donors (Lipinski definition) is 0. The first-order chi connectivity index (χ1) is 6.33. The molecule has 1 aromatic carbocycles. The van der Waals surface area contributed by atoms with Gasteiger partial charge in [-0.1, -0.05) is 30.9 Å². The Morgan fingerprint density at radius 2 is 2.31 bits per heavy atom. The highest BCUT2D eigenvalue weighted by atomic mass is 16.5. The summed E-state index contributed by atoms with van der Waals surface area (Å²) < 4.78 is 5.45. The lowest BCUT2D eigenvalue weighted by Gasteiger charge is -2.02. The van der Waals surface area contributed by atoms with Gasteiger partial charge in [-0.15, -0.1) is 0 Å². The molecule has 1 nitrogen and oxygen atoms in total. The fourth-order valence-electron chi connectivity index (χ4n) is 1.00. The Hall–Kier alpha value is -1.50. The van der Waals surface area contributed by atoms with Crippen LogP contribution in [0.15, 0.2) is 49.1 Å². The fourth-order valence-corrected chi connectivity index (χ4v) is 1.00. The lowest BCUT2D eigenvalue weighted by atomic mass is 10.2. The van der Waals surface area contributed by atoms with Gasteiger partial charge >= 0.3 is 0 Å². The molecule has 0 amide bonds. The lowest BCUT2D eigenvalue weighted by Crippen LogP contribution is -1.92. The van der Waals surface area contributed by atoms with E-state index >= 15 is 0 Å². The Morgan fingerprint density at radius 3 is 3.00 bits per heavy atom. The van der Waals surface area contributed by atoms with Crippen molar-refractivity contribution in [2.24, 2.45) is 0 Å². The molecule has 1 heteroatoms. The molecule has 0 fully saturated rings. The first-order valence-electron chi connectivity index (χ1n) is 4.30. The average Bonchev–Trinajstić information content (AvgIpc) is 2.13. The second-order valence-electron chi connectivity index (χ2n) is 2.79. The molecule has 0 aromatic heterocycles. The Labute approximate surface area is 79.4 Å². The van der Waals surface area contributed by atoms with Crippen molar-refractivity contribution >= 4 is 0 Å². The van der Waals surface area contributed by atoms with Crippen molar-refractivity contribution in [1.29, 1.82) is 0 Å². The minimum Gasteiger partial charge on any atom is -0.490 e. The summed E-state index contributed by atoms with van der Waals surface area (Å²) in [6, 6.07) is 8.00. The monoisotopic (exact) mass is 174 g/mol. The summed E-state index contributed by atoms with van der Waals surface area (Å²) in [7, 11) is 0. The van der Waals surface area contributed by atoms with Crippen molar-refractivity contribution in [2.75, 3.05) is 6.61 Å². The van der Waals surface area contributed by atoms with Gasteiger partial charge in [0.1, 0.15) is 12.4 Å². The minimum atomic E-state index is 0.593. The van der Waals surface area contributed by atoms with Crippen LogP contribution in [0, 0.1) is 6.92 Å². The summed E-state index contributed by atoms with van der Waals surface area (Å²) in [5.74, 6) is 0.911. The molecule has 13 heavy (non-hydrogen) atoms. The first kappa shape index (κ1) is 9.59. The van der Waals surface area contributed by atoms with Crippen LogP contribution in [0.2, 0.25) is 0 Å². The van der Waals surface area contributed by atoms with Crippen LogP contribution in [0.4, 0.5) is 0 Å². The van der Waals surface area contributed by atoms with Crippen LogP contribution < -0.4 is 4.74 Å². The third-order valence-electron chi connectivity index (χ3n) is 1.61. The van der Waals surface area contributed by atoms with Crippen molar-refractivity contribution in [2.45, 2.75) is 6.92 Å². The second kappa shape index (κ2) is 5.20. The SMILES string of the molecule is C=C/C=C/COc1cccc(C)c1. The molecule has 0 aliphatic rings. The molecule has 0 aliphatic heterocycles. The standard InChI is InChI=1S/C12H14O/c1-3-4-5-9-13-12-8-6-7-11(2)10-12/h3-8,10H,1,9H2,2H3/b5-4+. The van der Waals surface area contributed by atoms with Crippen LogP contribution in [-0.4, -0.2) is 6.61 Å². The summed E-state index contributed by atoms with van der Waals surface area (Å²) in [4.78, 5) is 0. The largest absolute Gasteiger partial charge is 0.490 e. The maximum atomic E-state index is 5.45. The quantitative estimate of drug-likeness (QED) is 0.637. The van der Waals surface area contributed by atoms with Gasteiger partial charge in [-0.3, -0.25) is 0 Å². The van der Waals surface area contributed by atoms with Gasteiger partial charge in [-0.25, -0.2) is 0 Å². The van der Waals surface area contributed by atoms with E-state index < -0.39 is 0 Å². The molecule has 0 radical (unpaired) electrons. The summed E-state index contributed by atoms with van der Waals surface area (Å²) >= 11 is 0. The molecule has 0 heterocycles. The molecule has 0 atom stereocenters. The van der Waals surface area contributed by atoms with Gasteiger partial charge < -0.3 is 4.74 Å². The smallest absolute Gasteiger partial charge is 0.120 e. The normalized spacial score (nSPS) is 10.2. The van der Waals surface area contributed by atoms with E-state index in [0.29, 0.717) is 6.61 Å². The lowest BCUT2D eigenvalue weighted by molar-refractivity contribution is 0.362. The van der Waals surface area contributed by atoms with Gasteiger partial charge in [0.15, 0.2) is 0 Å². The van der Waals surface area contributed by atoms with Gasteiger partial charge in [0.05, 0.1) is 0 Å². The number of rotatable bonds is 4. The third kappa shape index (κ3) is 3.61. The summed E-state index contributed by atoms with van der Waals surface area (Å²) in [5, 5.41) is 0. The van der Waals surface area contributed by atoms with Crippen molar-refractivity contribution < 1.29 is 4.74 Å². The zero-order chi connectivity index (χ0) is 9.52. The van der Waals surface area contributed by atoms with Gasteiger partial charge in [0, 0.05) is 0 Å². The first-order valence-corrected chi connectivity index (χ1v) is 4.30. The predicted octanol–water partition coefficient (Wildman–Crippen LogP) is 3.12. The minimum absolute atomic E-state index is 0.593. The van der Waals surface area contributed by atoms with Gasteiger partial charge in [0.25, 0.3) is 0 Å². The Kier molecular flexibility index (Phi) is 3.83. The average molecular weight is 174 g/mol. The number of allylic oxidation sites excluding steroid dienone is 2. The maximum Gasteiger partial charge on any atom is 0.120 e. The Bertz CT molecular complexity index is 300. The second-order valence-corrected chi connectivity index (χ2v) is 2.79. The van der Waals surface area contributed by atoms with Crippen LogP contribution in [-0.2, 0) is 0 Å². The van der Waals surface area contributed by atoms with E-state index in [0.717, 1.165) is 5.75 Å². The Balaban J connectivity index is 2.45. The number of ether oxygens (including phenoxy) is 1. The molecule has 0 bridgehead atoms. The Morgan fingerprint density at radius 1 is 1.46 bits per heavy atom. The number of benzene rings is 1. The van der Waals surface area contributed by atoms with Crippen LogP contribution in [0.3, 0.4) is 0 Å². The molecule has 68 valence electrons. The van der Waals surface area contributed by atoms with Crippen molar-refractivity contribution in [3.8, 4) is 5.75 Å². The zero-order valence-corrected chi connectivity index (χ0v) is 7.86. The highest BCUT2D eigenvalue weighted by Gasteiger charge is 1.90. The van der Waals surface area contributed by atoms with E-state index in [9.17, 15) is 0 Å². The zero-order valence-electron chi connectivity index (χ0n) is 7.86. The van der Waals surface area contributed by atoms with Crippen LogP contribution in [0.1, 0.15) is 5.56 Å². The van der Waals surface area contributed by atoms with E-state index in [2.05, 4.69) is 6.58 Å². The maximum absolute atomic E-state index is 5.45. The van der Waals surface area contributed by atoms with Crippen molar-refractivity contribution in [3.63, 3.8) is 0 Å². The van der Waals surface area contributed by atoms with Gasteiger partial charge in [0.2, 0.25) is 0 Å². The van der Waals surface area contributed by atoms with Crippen LogP contribution in [0.25, 0.3) is 0 Å². The highest BCUT2D eigenvalue weighted by Crippen LogP contribution is 2.11.